The molecule has 0 N–H and O–H groups in total. The van der Waals surface area contributed by atoms with Gasteiger partial charge in [-0.3, -0.25) is 4.68 Å². The van der Waals surface area contributed by atoms with Gasteiger partial charge in [0.15, 0.2) is 15.5 Å². The largest absolute Gasteiger partial charge is 0.437 e. The van der Waals surface area contributed by atoms with Gasteiger partial charge in [0.2, 0.25) is 0 Å². The van der Waals surface area contributed by atoms with Gasteiger partial charge in [0.1, 0.15) is 6.26 Å². The Morgan fingerprint density at radius 3 is 2.60 bits per heavy atom. The van der Waals surface area contributed by atoms with Crippen LogP contribution in [0.15, 0.2) is 23.0 Å². The number of aromatic nitrogens is 3. The molecule has 2 heterocycles. The summed E-state index contributed by atoms with van der Waals surface area (Å²) < 4.78 is 67.0. The van der Waals surface area contributed by atoms with E-state index in [4.69, 9.17) is 0 Å². The van der Waals surface area contributed by atoms with Gasteiger partial charge >= 0.3 is 6.18 Å². The van der Waals surface area contributed by atoms with Crippen LogP contribution in [0.3, 0.4) is 0 Å². The summed E-state index contributed by atoms with van der Waals surface area (Å²) in [6, 6.07) is 1.48. The van der Waals surface area contributed by atoms with E-state index in [-0.39, 0.29) is 5.69 Å². The lowest BCUT2D eigenvalue weighted by Crippen LogP contribution is -2.13. The molecule has 2 aromatic rings. The fourth-order valence-electron chi connectivity index (χ4n) is 1.65. The molecule has 6 nitrogen and oxygen atoms in total. The van der Waals surface area contributed by atoms with Gasteiger partial charge in [0.25, 0.3) is 0 Å². The second kappa shape index (κ2) is 4.93. The van der Waals surface area contributed by atoms with Gasteiger partial charge in [0.05, 0.1) is 17.2 Å². The van der Waals surface area contributed by atoms with E-state index in [1.807, 2.05) is 0 Å². The maximum Gasteiger partial charge on any atom is 0.437 e. The molecular weight excluding hydrogens is 299 g/mol. The van der Waals surface area contributed by atoms with Crippen LogP contribution >= 0.6 is 0 Å². The lowest BCUT2D eigenvalue weighted by atomic mass is 10.3. The Morgan fingerprint density at radius 2 is 2.05 bits per heavy atom. The van der Waals surface area contributed by atoms with Crippen LogP contribution in [-0.4, -0.2) is 23.4 Å². The molecular formula is C10H10F3N3O3S. The van der Waals surface area contributed by atoms with Crippen LogP contribution in [0.2, 0.25) is 0 Å². The summed E-state index contributed by atoms with van der Waals surface area (Å²) in [6.07, 6.45) is -2.51. The van der Waals surface area contributed by atoms with E-state index in [0.29, 0.717) is 6.26 Å². The SMILES string of the molecule is Cn1ccc(CS(=O)(=O)Cc2conc2C(F)(F)F)n1. The lowest BCUT2D eigenvalue weighted by molar-refractivity contribution is -0.143. The molecule has 0 spiro atoms. The summed E-state index contributed by atoms with van der Waals surface area (Å²) in [5.41, 5.74) is -1.56. The van der Waals surface area contributed by atoms with Crippen molar-refractivity contribution in [2.45, 2.75) is 17.7 Å². The second-order valence-corrected chi connectivity index (χ2v) is 6.26. The van der Waals surface area contributed by atoms with Crippen molar-refractivity contribution in [3.8, 4) is 0 Å². The minimum absolute atomic E-state index is 0.262. The van der Waals surface area contributed by atoms with Crippen molar-refractivity contribution < 1.29 is 26.1 Å². The summed E-state index contributed by atoms with van der Waals surface area (Å²) in [5, 5.41) is 6.67. The molecule has 0 bridgehead atoms. The van der Waals surface area contributed by atoms with E-state index < -0.39 is 38.8 Å². The summed E-state index contributed by atoms with van der Waals surface area (Å²) in [5.74, 6) is -1.25. The first kappa shape index (κ1) is 14.6. The summed E-state index contributed by atoms with van der Waals surface area (Å²) in [6.45, 7) is 0. The fourth-order valence-corrected chi connectivity index (χ4v) is 3.03. The molecule has 0 aliphatic heterocycles. The highest BCUT2D eigenvalue weighted by atomic mass is 32.2. The monoisotopic (exact) mass is 309 g/mol. The van der Waals surface area contributed by atoms with Crippen molar-refractivity contribution in [3.63, 3.8) is 0 Å². The molecule has 0 radical (unpaired) electrons. The van der Waals surface area contributed by atoms with Crippen LogP contribution in [-0.2, 0) is 34.6 Å². The van der Waals surface area contributed by atoms with E-state index in [9.17, 15) is 21.6 Å². The zero-order valence-electron chi connectivity index (χ0n) is 10.3. The van der Waals surface area contributed by atoms with Crippen molar-refractivity contribution in [3.05, 3.63) is 35.5 Å². The van der Waals surface area contributed by atoms with Crippen molar-refractivity contribution in [1.29, 1.82) is 0 Å². The summed E-state index contributed by atoms with van der Waals surface area (Å²) in [4.78, 5) is 0. The molecule has 0 saturated heterocycles. The van der Waals surface area contributed by atoms with Crippen LogP contribution in [0.4, 0.5) is 13.2 Å². The molecule has 2 aromatic heterocycles. The van der Waals surface area contributed by atoms with Gasteiger partial charge < -0.3 is 4.52 Å². The van der Waals surface area contributed by atoms with Gasteiger partial charge in [-0.1, -0.05) is 5.16 Å². The minimum Gasteiger partial charge on any atom is -0.364 e. The standard InChI is InChI=1S/C10H10F3N3O3S/c1-16-3-2-8(14-16)6-20(17,18)5-7-4-19-15-9(7)10(11,12)13/h2-4H,5-6H2,1H3. The number of nitrogens with zero attached hydrogens (tertiary/aromatic N) is 3. The Morgan fingerprint density at radius 1 is 1.35 bits per heavy atom. The third kappa shape index (κ3) is 3.38. The van der Waals surface area contributed by atoms with E-state index >= 15 is 0 Å². The smallest absolute Gasteiger partial charge is 0.364 e. The zero-order valence-corrected chi connectivity index (χ0v) is 11.1. The van der Waals surface area contributed by atoms with Crippen molar-refractivity contribution >= 4 is 9.84 Å². The molecule has 0 aromatic carbocycles. The van der Waals surface area contributed by atoms with Crippen LogP contribution in [0, 0.1) is 0 Å². The Labute approximate surface area is 112 Å². The second-order valence-electron chi connectivity index (χ2n) is 4.20. The Bertz CT molecular complexity index is 703. The van der Waals surface area contributed by atoms with Gasteiger partial charge in [-0.05, 0) is 6.07 Å². The molecule has 0 fully saturated rings. The fraction of sp³-hybridized carbons (Fsp3) is 0.400. The topological polar surface area (TPSA) is 78.0 Å². The van der Waals surface area contributed by atoms with Crippen LogP contribution in [0.1, 0.15) is 17.0 Å². The maximum absolute atomic E-state index is 12.6. The number of hydrogen-bond donors (Lipinski definition) is 0. The number of halogens is 3. The highest BCUT2D eigenvalue weighted by molar-refractivity contribution is 7.89. The normalized spacial score (nSPS) is 12.8. The number of hydrogen-bond acceptors (Lipinski definition) is 5. The molecule has 0 aliphatic rings. The molecule has 0 aliphatic carbocycles. The molecule has 10 heteroatoms. The third-order valence-electron chi connectivity index (χ3n) is 2.42. The number of alkyl halides is 3. The van der Waals surface area contributed by atoms with Gasteiger partial charge in [-0.15, -0.1) is 0 Å². The number of rotatable bonds is 4. The average molecular weight is 309 g/mol. The first-order valence-electron chi connectivity index (χ1n) is 5.37. The number of aryl methyl sites for hydroxylation is 1. The molecule has 0 unspecified atom stereocenters. The van der Waals surface area contributed by atoms with Crippen LogP contribution in [0.5, 0.6) is 0 Å². The number of sulfone groups is 1. The van der Waals surface area contributed by atoms with Crippen molar-refractivity contribution in [2.75, 3.05) is 0 Å². The quantitative estimate of drug-likeness (QED) is 0.856. The average Bonchev–Trinajstić information content (AvgIpc) is 2.85. The molecule has 0 saturated carbocycles. The first-order chi connectivity index (χ1) is 9.17. The predicted molar refractivity (Wildman–Crippen MR) is 61.0 cm³/mol. The highest BCUT2D eigenvalue weighted by Crippen LogP contribution is 2.31. The summed E-state index contributed by atoms with van der Waals surface area (Å²) >= 11 is 0. The van der Waals surface area contributed by atoms with Crippen LogP contribution < -0.4 is 0 Å². The maximum atomic E-state index is 12.6. The molecule has 0 atom stereocenters. The van der Waals surface area contributed by atoms with E-state index in [0.717, 1.165) is 0 Å². The lowest BCUT2D eigenvalue weighted by Gasteiger charge is -2.05. The zero-order chi connectivity index (χ0) is 15.0. The van der Waals surface area contributed by atoms with Crippen LogP contribution in [0.25, 0.3) is 0 Å². The molecule has 2 rings (SSSR count). The predicted octanol–water partition coefficient (Wildman–Crippen LogP) is 1.54. The van der Waals surface area contributed by atoms with Gasteiger partial charge in [-0.25, -0.2) is 8.42 Å². The van der Waals surface area contributed by atoms with E-state index in [1.165, 1.54) is 10.7 Å². The van der Waals surface area contributed by atoms with Crippen molar-refractivity contribution in [2.24, 2.45) is 7.05 Å². The Balaban J connectivity index is 2.19. The van der Waals surface area contributed by atoms with E-state index in [1.54, 1.807) is 13.2 Å². The minimum atomic E-state index is -4.75. The van der Waals surface area contributed by atoms with Gasteiger partial charge in [0, 0.05) is 18.8 Å². The molecule has 0 amide bonds. The van der Waals surface area contributed by atoms with Gasteiger partial charge in [-0.2, -0.15) is 18.3 Å². The molecule has 110 valence electrons. The Kier molecular flexibility index (Phi) is 3.59. The molecule has 20 heavy (non-hydrogen) atoms. The van der Waals surface area contributed by atoms with E-state index in [2.05, 4.69) is 14.8 Å². The third-order valence-corrected chi connectivity index (χ3v) is 3.91. The Hall–Kier alpha value is -1.84. The summed E-state index contributed by atoms with van der Waals surface area (Å²) in [7, 11) is -2.19. The first-order valence-corrected chi connectivity index (χ1v) is 7.19. The van der Waals surface area contributed by atoms with Crippen molar-refractivity contribution in [1.82, 2.24) is 14.9 Å². The highest BCUT2D eigenvalue weighted by Gasteiger charge is 2.38.